The van der Waals surface area contributed by atoms with E-state index in [-0.39, 0.29) is 16.7 Å². The third kappa shape index (κ3) is 2.71. The lowest BCUT2D eigenvalue weighted by Gasteiger charge is -2.07. The van der Waals surface area contributed by atoms with Crippen LogP contribution in [0.15, 0.2) is 43.0 Å². The second-order valence-corrected chi connectivity index (χ2v) is 5.85. The van der Waals surface area contributed by atoms with E-state index in [9.17, 15) is 10.1 Å². The molecular formula is C15H11ClN8O2. The second-order valence-electron chi connectivity index (χ2n) is 5.44. The molecule has 0 unspecified atom stereocenters. The number of benzene rings is 1. The van der Waals surface area contributed by atoms with Crippen LogP contribution in [-0.2, 0) is 6.54 Å². The van der Waals surface area contributed by atoms with Gasteiger partial charge in [-0.1, -0.05) is 17.7 Å². The zero-order valence-electron chi connectivity index (χ0n) is 13.2. The van der Waals surface area contributed by atoms with Crippen molar-refractivity contribution in [3.63, 3.8) is 0 Å². The number of fused-ring (bicyclic) bond motifs is 1. The number of aromatic nitrogens is 6. The molecule has 0 aliphatic heterocycles. The predicted octanol–water partition coefficient (Wildman–Crippen LogP) is 2.20. The van der Waals surface area contributed by atoms with Crippen LogP contribution in [0.5, 0.6) is 0 Å². The van der Waals surface area contributed by atoms with Gasteiger partial charge in [0.05, 0.1) is 17.8 Å². The van der Waals surface area contributed by atoms with Crippen molar-refractivity contribution in [3.05, 3.63) is 63.7 Å². The molecule has 0 atom stereocenters. The summed E-state index contributed by atoms with van der Waals surface area (Å²) in [4.78, 5) is 23.2. The van der Waals surface area contributed by atoms with Crippen LogP contribution < -0.4 is 5.73 Å². The highest BCUT2D eigenvalue weighted by Crippen LogP contribution is 2.26. The summed E-state index contributed by atoms with van der Waals surface area (Å²) in [5.41, 5.74) is 7.51. The molecule has 0 radical (unpaired) electrons. The summed E-state index contributed by atoms with van der Waals surface area (Å²) < 4.78 is 3.32. The minimum Gasteiger partial charge on any atom is -0.368 e. The largest absolute Gasteiger partial charge is 0.368 e. The standard InChI is InChI=1S/C15H11ClN8O2/c16-10-6-9(2-3-11(10)24(25)26)7-22-8-18-12-13(22)20-15(17)21-14(12)23-5-1-4-19-23/h1-6,8H,7H2,(H2,17,20,21). The first-order valence-corrected chi connectivity index (χ1v) is 7.82. The Balaban J connectivity index is 1.77. The van der Waals surface area contributed by atoms with Crippen molar-refractivity contribution in [2.75, 3.05) is 5.73 Å². The fourth-order valence-electron chi connectivity index (χ4n) is 2.61. The molecular weight excluding hydrogens is 360 g/mol. The molecule has 2 N–H and O–H groups in total. The SMILES string of the molecule is Nc1nc(-n2cccn2)c2ncn(Cc3ccc([N+](=O)[O-])c(Cl)c3)c2n1. The van der Waals surface area contributed by atoms with Crippen molar-refractivity contribution in [1.29, 1.82) is 0 Å². The Morgan fingerprint density at radius 2 is 2.15 bits per heavy atom. The highest BCUT2D eigenvalue weighted by Gasteiger charge is 2.16. The van der Waals surface area contributed by atoms with Crippen molar-refractivity contribution in [1.82, 2.24) is 29.3 Å². The number of anilines is 1. The molecule has 26 heavy (non-hydrogen) atoms. The van der Waals surface area contributed by atoms with Gasteiger partial charge in [0.15, 0.2) is 17.0 Å². The molecule has 0 aliphatic carbocycles. The van der Waals surface area contributed by atoms with Crippen molar-refractivity contribution in [2.45, 2.75) is 6.54 Å². The third-order valence-electron chi connectivity index (χ3n) is 3.75. The smallest absolute Gasteiger partial charge is 0.287 e. The maximum absolute atomic E-state index is 10.9. The fourth-order valence-corrected chi connectivity index (χ4v) is 2.88. The summed E-state index contributed by atoms with van der Waals surface area (Å²) in [6.07, 6.45) is 4.96. The van der Waals surface area contributed by atoms with Gasteiger partial charge in [-0.25, -0.2) is 9.67 Å². The summed E-state index contributed by atoms with van der Waals surface area (Å²) in [7, 11) is 0. The van der Waals surface area contributed by atoms with Crippen molar-refractivity contribution in [3.8, 4) is 5.82 Å². The van der Waals surface area contributed by atoms with Gasteiger partial charge >= 0.3 is 0 Å². The molecule has 0 saturated carbocycles. The van der Waals surface area contributed by atoms with Crippen LogP contribution in [0.1, 0.15) is 5.56 Å². The number of nitrogens with zero attached hydrogens (tertiary/aromatic N) is 7. The molecule has 0 amide bonds. The molecule has 4 rings (SSSR count). The van der Waals surface area contributed by atoms with E-state index in [1.807, 2.05) is 0 Å². The summed E-state index contributed by atoms with van der Waals surface area (Å²) in [6.45, 7) is 0.364. The Morgan fingerprint density at radius 3 is 2.85 bits per heavy atom. The van der Waals surface area contributed by atoms with E-state index in [1.165, 1.54) is 6.07 Å². The lowest BCUT2D eigenvalue weighted by Crippen LogP contribution is -2.06. The zero-order chi connectivity index (χ0) is 18.3. The lowest BCUT2D eigenvalue weighted by molar-refractivity contribution is -0.384. The fraction of sp³-hybridized carbons (Fsp3) is 0.0667. The Hall–Kier alpha value is -3.53. The van der Waals surface area contributed by atoms with Crippen LogP contribution in [0, 0.1) is 10.1 Å². The monoisotopic (exact) mass is 370 g/mol. The van der Waals surface area contributed by atoms with Gasteiger partial charge in [0.25, 0.3) is 5.69 Å². The van der Waals surface area contributed by atoms with Crippen LogP contribution in [0.2, 0.25) is 5.02 Å². The molecule has 3 heterocycles. The van der Waals surface area contributed by atoms with E-state index >= 15 is 0 Å². The average Bonchev–Trinajstić information content (AvgIpc) is 3.24. The van der Waals surface area contributed by atoms with E-state index in [4.69, 9.17) is 17.3 Å². The van der Waals surface area contributed by atoms with Gasteiger partial charge in [0.2, 0.25) is 5.95 Å². The van der Waals surface area contributed by atoms with E-state index in [1.54, 1.807) is 46.2 Å². The normalized spacial score (nSPS) is 11.1. The van der Waals surface area contributed by atoms with Crippen molar-refractivity contribution in [2.24, 2.45) is 0 Å². The highest BCUT2D eigenvalue weighted by molar-refractivity contribution is 6.32. The first-order chi connectivity index (χ1) is 12.5. The Kier molecular flexibility index (Phi) is 3.73. The lowest BCUT2D eigenvalue weighted by atomic mass is 10.2. The van der Waals surface area contributed by atoms with Gasteiger partial charge in [0.1, 0.15) is 5.02 Å². The molecule has 0 bridgehead atoms. The van der Waals surface area contributed by atoms with Crippen molar-refractivity contribution >= 4 is 34.4 Å². The summed E-state index contributed by atoms with van der Waals surface area (Å²) in [5.74, 6) is 0.560. The van der Waals surface area contributed by atoms with Gasteiger partial charge in [-0.3, -0.25) is 10.1 Å². The second kappa shape index (κ2) is 6.08. The Bertz CT molecular complexity index is 1120. The van der Waals surface area contributed by atoms with Crippen LogP contribution in [0.3, 0.4) is 0 Å². The number of hydrogen-bond acceptors (Lipinski definition) is 7. The van der Waals surface area contributed by atoms with E-state index < -0.39 is 4.92 Å². The molecule has 4 aromatic rings. The molecule has 1 aromatic carbocycles. The maximum Gasteiger partial charge on any atom is 0.287 e. The minimum atomic E-state index is -0.525. The quantitative estimate of drug-likeness (QED) is 0.430. The summed E-state index contributed by atoms with van der Waals surface area (Å²) >= 11 is 5.98. The van der Waals surface area contributed by atoms with Crippen LogP contribution in [0.4, 0.5) is 11.6 Å². The number of nitro benzene ring substituents is 1. The van der Waals surface area contributed by atoms with Gasteiger partial charge in [-0.2, -0.15) is 15.1 Å². The van der Waals surface area contributed by atoms with Gasteiger partial charge in [0, 0.05) is 18.5 Å². The summed E-state index contributed by atoms with van der Waals surface area (Å²) in [6, 6.07) is 6.31. The van der Waals surface area contributed by atoms with Gasteiger partial charge in [-0.05, 0) is 17.7 Å². The van der Waals surface area contributed by atoms with Crippen LogP contribution in [0.25, 0.3) is 17.0 Å². The number of imidazole rings is 1. The number of rotatable bonds is 4. The molecule has 3 aromatic heterocycles. The van der Waals surface area contributed by atoms with E-state index in [0.29, 0.717) is 23.5 Å². The predicted molar refractivity (Wildman–Crippen MR) is 94.1 cm³/mol. The van der Waals surface area contributed by atoms with Gasteiger partial charge < -0.3 is 10.3 Å². The molecule has 0 spiro atoms. The first-order valence-electron chi connectivity index (χ1n) is 7.44. The molecule has 11 heteroatoms. The van der Waals surface area contributed by atoms with Gasteiger partial charge in [-0.15, -0.1) is 0 Å². The van der Waals surface area contributed by atoms with Crippen molar-refractivity contribution < 1.29 is 4.92 Å². The van der Waals surface area contributed by atoms with E-state index in [0.717, 1.165) is 5.56 Å². The minimum absolute atomic E-state index is 0.0725. The first kappa shape index (κ1) is 16.0. The maximum atomic E-state index is 10.9. The molecule has 0 fully saturated rings. The number of nitro groups is 1. The average molecular weight is 371 g/mol. The Labute approximate surface area is 151 Å². The molecule has 10 nitrogen and oxygen atoms in total. The molecule has 130 valence electrons. The van der Waals surface area contributed by atoms with Crippen LogP contribution in [-0.4, -0.2) is 34.2 Å². The Morgan fingerprint density at radius 1 is 1.31 bits per heavy atom. The number of halogens is 1. The molecule has 0 aliphatic rings. The van der Waals surface area contributed by atoms with E-state index in [2.05, 4.69) is 20.1 Å². The van der Waals surface area contributed by atoms with Crippen LogP contribution >= 0.6 is 11.6 Å². The third-order valence-corrected chi connectivity index (χ3v) is 4.05. The number of hydrogen-bond donors (Lipinski definition) is 1. The molecule has 0 saturated heterocycles. The number of nitrogen functional groups attached to an aromatic ring is 1. The zero-order valence-corrected chi connectivity index (χ0v) is 13.9. The topological polar surface area (TPSA) is 131 Å². The summed E-state index contributed by atoms with van der Waals surface area (Å²) in [5, 5.41) is 15.1. The number of nitrogens with two attached hydrogens (primary N) is 1. The highest BCUT2D eigenvalue weighted by atomic mass is 35.5.